The molecule has 1 N–H and O–H groups in total. The van der Waals surface area contributed by atoms with Crippen LogP contribution >= 0.6 is 0 Å². The van der Waals surface area contributed by atoms with Crippen LogP contribution in [0.2, 0.25) is 0 Å². The normalized spacial score (nSPS) is 20.2. The Morgan fingerprint density at radius 3 is 2.76 bits per heavy atom. The van der Waals surface area contributed by atoms with Gasteiger partial charge in [-0.15, -0.1) is 0 Å². The lowest BCUT2D eigenvalue weighted by atomic mass is 9.94. The smallest absolute Gasteiger partial charge is 0.130 e. The summed E-state index contributed by atoms with van der Waals surface area (Å²) < 4.78 is 0. The Kier molecular flexibility index (Phi) is 6.04. The van der Waals surface area contributed by atoms with E-state index in [1.165, 1.54) is 37.9 Å². The molecule has 0 aromatic carbocycles. The number of pyridine rings is 1. The van der Waals surface area contributed by atoms with Gasteiger partial charge in [0.15, 0.2) is 0 Å². The molecule has 21 heavy (non-hydrogen) atoms. The molecule has 0 radical (unpaired) electrons. The van der Waals surface area contributed by atoms with Crippen molar-refractivity contribution >= 4 is 5.82 Å². The van der Waals surface area contributed by atoms with Gasteiger partial charge in [-0.25, -0.2) is 4.98 Å². The molecule has 0 bridgehead atoms. The SMILES string of the molecule is CC(C)CNc1ncccc1[C@H]1CCCCN1CC(C)C. The van der Waals surface area contributed by atoms with E-state index in [4.69, 9.17) is 0 Å². The van der Waals surface area contributed by atoms with Crippen molar-refractivity contribution in [3.8, 4) is 0 Å². The Morgan fingerprint density at radius 1 is 1.24 bits per heavy atom. The van der Waals surface area contributed by atoms with Crippen molar-refractivity contribution in [3.63, 3.8) is 0 Å². The van der Waals surface area contributed by atoms with Crippen LogP contribution in [0, 0.1) is 11.8 Å². The fourth-order valence-corrected chi connectivity index (χ4v) is 3.17. The van der Waals surface area contributed by atoms with Gasteiger partial charge in [-0.2, -0.15) is 0 Å². The highest BCUT2D eigenvalue weighted by Crippen LogP contribution is 2.34. The Morgan fingerprint density at radius 2 is 2.05 bits per heavy atom. The van der Waals surface area contributed by atoms with Crippen LogP contribution in [-0.2, 0) is 0 Å². The van der Waals surface area contributed by atoms with E-state index >= 15 is 0 Å². The van der Waals surface area contributed by atoms with Gasteiger partial charge in [-0.1, -0.05) is 40.2 Å². The van der Waals surface area contributed by atoms with E-state index in [1.807, 2.05) is 6.20 Å². The maximum atomic E-state index is 4.60. The Bertz CT molecular complexity index is 428. The van der Waals surface area contributed by atoms with Crippen molar-refractivity contribution in [1.82, 2.24) is 9.88 Å². The molecule has 2 rings (SSSR count). The lowest BCUT2D eigenvalue weighted by molar-refractivity contribution is 0.132. The monoisotopic (exact) mass is 289 g/mol. The van der Waals surface area contributed by atoms with Crippen LogP contribution in [-0.4, -0.2) is 29.5 Å². The number of anilines is 1. The van der Waals surface area contributed by atoms with Gasteiger partial charge in [0.2, 0.25) is 0 Å². The van der Waals surface area contributed by atoms with Gasteiger partial charge in [0.25, 0.3) is 0 Å². The number of hydrogen-bond acceptors (Lipinski definition) is 3. The highest BCUT2D eigenvalue weighted by molar-refractivity contribution is 5.46. The first-order valence-electron chi connectivity index (χ1n) is 8.50. The first-order chi connectivity index (χ1) is 10.1. The lowest BCUT2D eigenvalue weighted by Crippen LogP contribution is -2.36. The predicted molar refractivity (Wildman–Crippen MR) is 90.6 cm³/mol. The Labute approximate surface area is 130 Å². The number of piperidine rings is 1. The second kappa shape index (κ2) is 7.79. The fourth-order valence-electron chi connectivity index (χ4n) is 3.17. The second-order valence-electron chi connectivity index (χ2n) is 7.12. The van der Waals surface area contributed by atoms with Crippen molar-refractivity contribution in [2.45, 2.75) is 53.0 Å². The minimum atomic E-state index is 0.532. The molecule has 118 valence electrons. The van der Waals surface area contributed by atoms with Crippen LogP contribution < -0.4 is 5.32 Å². The highest BCUT2D eigenvalue weighted by Gasteiger charge is 2.26. The highest BCUT2D eigenvalue weighted by atomic mass is 15.2. The summed E-state index contributed by atoms with van der Waals surface area (Å²) in [5.74, 6) is 2.44. The molecule has 1 aromatic heterocycles. The summed E-state index contributed by atoms with van der Waals surface area (Å²) in [7, 11) is 0. The van der Waals surface area contributed by atoms with E-state index in [-0.39, 0.29) is 0 Å². The van der Waals surface area contributed by atoms with Gasteiger partial charge in [-0.05, 0) is 37.3 Å². The predicted octanol–water partition coefficient (Wildman–Crippen LogP) is 4.33. The largest absolute Gasteiger partial charge is 0.370 e. The molecule has 0 amide bonds. The summed E-state index contributed by atoms with van der Waals surface area (Å²) in [6, 6.07) is 4.88. The molecular formula is C18H31N3. The summed E-state index contributed by atoms with van der Waals surface area (Å²) in [5.41, 5.74) is 1.39. The van der Waals surface area contributed by atoms with E-state index in [0.29, 0.717) is 17.9 Å². The molecule has 3 nitrogen and oxygen atoms in total. The molecule has 0 saturated carbocycles. The summed E-state index contributed by atoms with van der Waals surface area (Å²) in [6.45, 7) is 12.5. The number of likely N-dealkylation sites (tertiary alicyclic amines) is 1. The van der Waals surface area contributed by atoms with Crippen LogP contribution in [0.25, 0.3) is 0 Å². The number of aromatic nitrogens is 1. The Balaban J connectivity index is 2.17. The van der Waals surface area contributed by atoms with Crippen LogP contribution in [0.4, 0.5) is 5.82 Å². The van der Waals surface area contributed by atoms with E-state index < -0.39 is 0 Å². The number of rotatable bonds is 6. The second-order valence-corrected chi connectivity index (χ2v) is 7.12. The van der Waals surface area contributed by atoms with Crippen molar-refractivity contribution < 1.29 is 0 Å². The molecule has 0 unspecified atom stereocenters. The minimum Gasteiger partial charge on any atom is -0.370 e. The summed E-state index contributed by atoms with van der Waals surface area (Å²) in [5, 5.41) is 3.55. The molecule has 1 aliphatic heterocycles. The average Bonchev–Trinajstić information content (AvgIpc) is 2.45. The maximum absolute atomic E-state index is 4.60. The van der Waals surface area contributed by atoms with E-state index in [1.54, 1.807) is 0 Å². The zero-order chi connectivity index (χ0) is 15.2. The van der Waals surface area contributed by atoms with Gasteiger partial charge >= 0.3 is 0 Å². The van der Waals surface area contributed by atoms with Crippen LogP contribution in [0.5, 0.6) is 0 Å². The lowest BCUT2D eigenvalue weighted by Gasteiger charge is -2.37. The third kappa shape index (κ3) is 4.70. The molecule has 0 aliphatic carbocycles. The van der Waals surface area contributed by atoms with Crippen molar-refractivity contribution in [2.24, 2.45) is 11.8 Å². The minimum absolute atomic E-state index is 0.532. The molecule has 1 saturated heterocycles. The van der Waals surface area contributed by atoms with Crippen molar-refractivity contribution in [2.75, 3.05) is 25.0 Å². The molecule has 1 aliphatic rings. The summed E-state index contributed by atoms with van der Waals surface area (Å²) in [4.78, 5) is 7.26. The maximum Gasteiger partial charge on any atom is 0.130 e. The standard InChI is InChI=1S/C18H31N3/c1-14(2)12-20-18-16(8-7-10-19-18)17-9-5-6-11-21(17)13-15(3)4/h7-8,10,14-15,17H,5-6,9,11-13H2,1-4H3,(H,19,20)/t17-/m1/s1. The molecule has 2 heterocycles. The zero-order valence-corrected chi connectivity index (χ0v) is 14.1. The summed E-state index contributed by atoms with van der Waals surface area (Å²) in [6.07, 6.45) is 5.83. The molecule has 1 fully saturated rings. The Hall–Kier alpha value is -1.09. The first kappa shape index (κ1) is 16.3. The molecule has 0 spiro atoms. The van der Waals surface area contributed by atoms with Gasteiger partial charge in [0.05, 0.1) is 0 Å². The van der Waals surface area contributed by atoms with E-state index in [9.17, 15) is 0 Å². The molecule has 1 atom stereocenters. The van der Waals surface area contributed by atoms with Gasteiger partial charge in [0.1, 0.15) is 5.82 Å². The number of nitrogens with zero attached hydrogens (tertiary/aromatic N) is 2. The molecule has 3 heteroatoms. The van der Waals surface area contributed by atoms with Gasteiger partial charge < -0.3 is 5.32 Å². The van der Waals surface area contributed by atoms with Crippen molar-refractivity contribution in [3.05, 3.63) is 23.9 Å². The average molecular weight is 289 g/mol. The summed E-state index contributed by atoms with van der Waals surface area (Å²) >= 11 is 0. The van der Waals surface area contributed by atoms with Crippen LogP contribution in [0.15, 0.2) is 18.3 Å². The van der Waals surface area contributed by atoms with Gasteiger partial charge in [-0.3, -0.25) is 4.90 Å². The van der Waals surface area contributed by atoms with Crippen molar-refractivity contribution in [1.29, 1.82) is 0 Å². The molecule has 1 aromatic rings. The fraction of sp³-hybridized carbons (Fsp3) is 0.722. The topological polar surface area (TPSA) is 28.2 Å². The van der Waals surface area contributed by atoms with E-state index in [2.05, 4.69) is 55.0 Å². The zero-order valence-electron chi connectivity index (χ0n) is 14.1. The third-order valence-corrected chi connectivity index (χ3v) is 4.09. The first-order valence-corrected chi connectivity index (χ1v) is 8.50. The van der Waals surface area contributed by atoms with Gasteiger partial charge in [0, 0.05) is 30.9 Å². The number of nitrogens with one attached hydrogen (secondary N) is 1. The van der Waals surface area contributed by atoms with Crippen LogP contribution in [0.1, 0.15) is 58.6 Å². The quantitative estimate of drug-likeness (QED) is 0.844. The molecular weight excluding hydrogens is 258 g/mol. The number of hydrogen-bond donors (Lipinski definition) is 1. The van der Waals surface area contributed by atoms with E-state index in [0.717, 1.165) is 12.4 Å². The third-order valence-electron chi connectivity index (χ3n) is 4.09. The van der Waals surface area contributed by atoms with Crippen LogP contribution in [0.3, 0.4) is 0 Å².